The zero-order chi connectivity index (χ0) is 12.3. The predicted octanol–water partition coefficient (Wildman–Crippen LogP) is 3.18. The summed E-state index contributed by atoms with van der Waals surface area (Å²) < 4.78 is 6.23. The summed E-state index contributed by atoms with van der Waals surface area (Å²) in [7, 11) is 0.596. The van der Waals surface area contributed by atoms with Crippen LogP contribution in [-0.4, -0.2) is 30.2 Å². The highest BCUT2D eigenvalue weighted by molar-refractivity contribution is 7.69. The van der Waals surface area contributed by atoms with E-state index < -0.39 is 0 Å². The Labute approximate surface area is 116 Å². The van der Waals surface area contributed by atoms with Gasteiger partial charge >= 0.3 is 0 Å². The van der Waals surface area contributed by atoms with Crippen LogP contribution in [0.4, 0.5) is 0 Å². The van der Waals surface area contributed by atoms with Crippen molar-refractivity contribution in [2.75, 3.05) is 12.8 Å². The summed E-state index contributed by atoms with van der Waals surface area (Å²) in [6.07, 6.45) is 5.68. The average molecular weight is 274 g/mol. The molecule has 0 aromatic carbocycles. The third kappa shape index (κ3) is 0.632. The number of rotatable bonds is 2. The third-order valence-corrected chi connectivity index (χ3v) is 12.7. The predicted molar refractivity (Wildman–Crippen MR) is 75.5 cm³/mol. The van der Waals surface area contributed by atoms with Crippen molar-refractivity contribution in [2.45, 2.75) is 44.1 Å². The Balaban J connectivity index is 1.38. The highest BCUT2D eigenvalue weighted by Crippen LogP contribution is 3.06. The number of hydrogen-bond acceptors (Lipinski definition) is 1. The lowest BCUT2D eigenvalue weighted by Crippen LogP contribution is -2.63. The largest absolute Gasteiger partial charge is 0.378 e. The minimum absolute atomic E-state index is 0.596. The van der Waals surface area contributed by atoms with E-state index in [1.54, 1.807) is 19.0 Å². The fraction of sp³-hybridized carbons (Fsp3) is 1.00. The van der Waals surface area contributed by atoms with Crippen LogP contribution >= 0.6 is 7.92 Å². The molecule has 0 aromatic heterocycles. The molecule has 0 N–H and O–H groups in total. The van der Waals surface area contributed by atoms with Crippen LogP contribution in [0, 0.1) is 46.3 Å². The summed E-state index contributed by atoms with van der Waals surface area (Å²) >= 11 is 0. The number of hydrogen-bond donors (Lipinski definition) is 0. The highest BCUT2D eigenvalue weighted by atomic mass is 31.1. The molecule has 0 aromatic rings. The molecule has 2 saturated heterocycles. The smallest absolute Gasteiger partial charge is 0.0639 e. The van der Waals surface area contributed by atoms with E-state index in [1.165, 1.54) is 23.2 Å². The van der Waals surface area contributed by atoms with Gasteiger partial charge in [-0.3, -0.25) is 0 Å². The van der Waals surface area contributed by atoms with E-state index in [-0.39, 0.29) is 0 Å². The van der Waals surface area contributed by atoms with Gasteiger partial charge in [0.25, 0.3) is 0 Å². The first-order valence-corrected chi connectivity index (χ1v) is 10.3. The SMILES string of the molecule is CCOC1C(C)C2C3CC4(C3C3CC45C4CP4C35)C12. The minimum atomic E-state index is 0.596. The molecule has 4 bridgehead atoms. The van der Waals surface area contributed by atoms with Crippen LogP contribution in [0.3, 0.4) is 0 Å². The van der Waals surface area contributed by atoms with E-state index in [9.17, 15) is 0 Å². The molecule has 2 aliphatic heterocycles. The second kappa shape index (κ2) is 2.48. The highest BCUT2D eigenvalue weighted by Gasteiger charge is 2.99. The first-order valence-electron chi connectivity index (χ1n) is 8.64. The number of fused-ring (bicyclic) bond motifs is 3. The van der Waals surface area contributed by atoms with Crippen LogP contribution in [-0.2, 0) is 4.74 Å². The summed E-state index contributed by atoms with van der Waals surface area (Å²) in [6.45, 7) is 5.65. The zero-order valence-corrected chi connectivity index (χ0v) is 12.8. The van der Waals surface area contributed by atoms with Crippen molar-refractivity contribution in [3.05, 3.63) is 0 Å². The Morgan fingerprint density at radius 1 is 1.16 bits per heavy atom. The first kappa shape index (κ1) is 10.2. The van der Waals surface area contributed by atoms with Crippen molar-refractivity contribution in [3.8, 4) is 0 Å². The van der Waals surface area contributed by atoms with Crippen LogP contribution in [0.5, 0.6) is 0 Å². The molecule has 12 atom stereocenters. The Morgan fingerprint density at radius 2 is 2.00 bits per heavy atom. The number of ether oxygens (including phenoxy) is 1. The molecular weight excluding hydrogens is 251 g/mol. The normalized spacial score (nSPS) is 82.4. The summed E-state index contributed by atoms with van der Waals surface area (Å²) in [5.41, 5.74) is 4.34. The van der Waals surface area contributed by atoms with E-state index >= 15 is 0 Å². The van der Waals surface area contributed by atoms with Crippen molar-refractivity contribution in [3.63, 3.8) is 0 Å². The molecule has 0 spiro atoms. The fourth-order valence-electron chi connectivity index (χ4n) is 9.46. The Hall–Kier alpha value is 0.390. The maximum absolute atomic E-state index is 6.23. The van der Waals surface area contributed by atoms with Crippen molar-refractivity contribution in [2.24, 2.45) is 46.3 Å². The van der Waals surface area contributed by atoms with E-state index in [4.69, 9.17) is 4.74 Å². The Kier molecular flexibility index (Phi) is 1.33. The monoisotopic (exact) mass is 274 g/mol. The molecule has 2 heterocycles. The molecular formula is C17H23OP. The molecule has 1 nitrogen and oxygen atoms in total. The lowest BCUT2D eigenvalue weighted by Gasteiger charge is -2.65. The molecule has 7 rings (SSSR count). The first-order chi connectivity index (χ1) is 9.27. The van der Waals surface area contributed by atoms with Crippen molar-refractivity contribution < 1.29 is 4.74 Å². The molecule has 0 radical (unpaired) electrons. The Bertz CT molecular complexity index is 533. The molecule has 12 unspecified atom stereocenters. The van der Waals surface area contributed by atoms with E-state index in [1.807, 2.05) is 0 Å². The second-order valence-electron chi connectivity index (χ2n) is 8.88. The van der Waals surface area contributed by atoms with Gasteiger partial charge in [0.05, 0.1) is 6.10 Å². The lowest BCUT2D eigenvalue weighted by atomic mass is 9.48. The van der Waals surface area contributed by atoms with Gasteiger partial charge in [-0.15, -0.1) is 0 Å². The van der Waals surface area contributed by atoms with Crippen molar-refractivity contribution >= 4 is 7.92 Å². The van der Waals surface area contributed by atoms with Gasteiger partial charge < -0.3 is 4.74 Å². The van der Waals surface area contributed by atoms with Crippen LogP contribution in [0.2, 0.25) is 0 Å². The molecule has 5 saturated carbocycles. The van der Waals surface area contributed by atoms with E-state index in [0.717, 1.165) is 41.1 Å². The molecule has 2 heteroatoms. The summed E-state index contributed by atoms with van der Waals surface area (Å²) in [5.74, 6) is 6.58. The summed E-state index contributed by atoms with van der Waals surface area (Å²) in [5, 5.41) is 0. The Morgan fingerprint density at radius 3 is 2.84 bits per heavy atom. The average Bonchev–Trinajstić information content (AvgIpc) is 2.77. The summed E-state index contributed by atoms with van der Waals surface area (Å²) in [6, 6.07) is 0. The molecule has 19 heavy (non-hydrogen) atoms. The van der Waals surface area contributed by atoms with Crippen LogP contribution in [0.15, 0.2) is 0 Å². The van der Waals surface area contributed by atoms with Gasteiger partial charge in [-0.1, -0.05) is 14.8 Å². The van der Waals surface area contributed by atoms with Crippen molar-refractivity contribution in [1.82, 2.24) is 0 Å². The maximum atomic E-state index is 6.23. The second-order valence-corrected chi connectivity index (χ2v) is 11.5. The van der Waals surface area contributed by atoms with E-state index in [0.29, 0.717) is 14.0 Å². The van der Waals surface area contributed by atoms with Crippen LogP contribution in [0.1, 0.15) is 26.7 Å². The standard InChI is InChI=1S/C17H23OP/c1-3-18-14-7(2)11-8-4-17(13(11)14)12(8)9-5-16(17)10-6-19(10)15(9)16/h7-15H,3-6H2,1-2H3. The quantitative estimate of drug-likeness (QED) is 0.703. The van der Waals surface area contributed by atoms with Gasteiger partial charge in [-0.05, 0) is 83.6 Å². The van der Waals surface area contributed by atoms with Crippen LogP contribution < -0.4 is 0 Å². The van der Waals surface area contributed by atoms with Crippen LogP contribution in [0.25, 0.3) is 0 Å². The topological polar surface area (TPSA) is 9.23 Å². The molecule has 5 aliphatic carbocycles. The third-order valence-electron chi connectivity index (χ3n) is 9.41. The molecule has 7 aliphatic rings. The zero-order valence-electron chi connectivity index (χ0n) is 11.9. The van der Waals surface area contributed by atoms with E-state index in [2.05, 4.69) is 13.8 Å². The van der Waals surface area contributed by atoms with Gasteiger partial charge in [0.2, 0.25) is 0 Å². The summed E-state index contributed by atoms with van der Waals surface area (Å²) in [4.78, 5) is 0. The van der Waals surface area contributed by atoms with Gasteiger partial charge in [0, 0.05) is 6.61 Å². The van der Waals surface area contributed by atoms with Gasteiger partial charge in [0.1, 0.15) is 0 Å². The maximum Gasteiger partial charge on any atom is 0.0639 e. The lowest BCUT2D eigenvalue weighted by molar-refractivity contribution is -0.163. The van der Waals surface area contributed by atoms with Crippen molar-refractivity contribution in [1.29, 1.82) is 0 Å². The molecule has 7 fully saturated rings. The minimum Gasteiger partial charge on any atom is -0.378 e. The van der Waals surface area contributed by atoms with Gasteiger partial charge in [-0.2, -0.15) is 0 Å². The molecule has 0 amide bonds. The van der Waals surface area contributed by atoms with Gasteiger partial charge in [-0.25, -0.2) is 0 Å². The van der Waals surface area contributed by atoms with Gasteiger partial charge in [0.15, 0.2) is 0 Å². The fourth-order valence-corrected chi connectivity index (χ4v) is 13.7. The molecule has 102 valence electrons.